The van der Waals surface area contributed by atoms with E-state index in [0.29, 0.717) is 5.52 Å². The first-order chi connectivity index (χ1) is 8.61. The molecule has 0 fully saturated rings. The highest BCUT2D eigenvalue weighted by Crippen LogP contribution is 2.28. The Hall–Kier alpha value is -1.71. The molecular formula is C14H16F2N2. The molecule has 0 aliphatic carbocycles. The molecule has 0 spiro atoms. The molecule has 0 unspecified atom stereocenters. The molecule has 1 aromatic carbocycles. The lowest BCUT2D eigenvalue weighted by molar-refractivity contribution is 0.146. The second-order valence-electron chi connectivity index (χ2n) is 4.34. The van der Waals surface area contributed by atoms with Crippen LogP contribution >= 0.6 is 0 Å². The normalized spacial score (nSPS) is 11.2. The fourth-order valence-corrected chi connectivity index (χ4v) is 1.88. The molecule has 0 saturated heterocycles. The van der Waals surface area contributed by atoms with Gasteiger partial charge in [0.05, 0.1) is 5.52 Å². The molecule has 0 amide bonds. The van der Waals surface area contributed by atoms with Crippen LogP contribution in [0.4, 0.5) is 14.5 Å². The average molecular weight is 250 g/mol. The van der Waals surface area contributed by atoms with E-state index in [2.05, 4.69) is 10.3 Å². The lowest BCUT2D eigenvalue weighted by Crippen LogP contribution is -2.03. The average Bonchev–Trinajstić information content (AvgIpc) is 2.35. The Bertz CT molecular complexity index is 553. The van der Waals surface area contributed by atoms with Gasteiger partial charge in [-0.3, -0.25) is 0 Å². The van der Waals surface area contributed by atoms with E-state index >= 15 is 0 Å². The van der Waals surface area contributed by atoms with Crippen LogP contribution in [0.1, 0.15) is 31.0 Å². The van der Waals surface area contributed by atoms with E-state index in [9.17, 15) is 8.78 Å². The maximum atomic E-state index is 12.8. The van der Waals surface area contributed by atoms with Gasteiger partial charge >= 0.3 is 0 Å². The van der Waals surface area contributed by atoms with Crippen LogP contribution in [0.5, 0.6) is 0 Å². The van der Waals surface area contributed by atoms with Crippen LogP contribution in [0.3, 0.4) is 0 Å². The van der Waals surface area contributed by atoms with Crippen LogP contribution in [0.2, 0.25) is 0 Å². The zero-order valence-corrected chi connectivity index (χ0v) is 10.5. The van der Waals surface area contributed by atoms with E-state index in [1.807, 2.05) is 26.0 Å². The number of fused-ring (bicyclic) bond motifs is 1. The number of hydrogen-bond acceptors (Lipinski definition) is 2. The summed E-state index contributed by atoms with van der Waals surface area (Å²) in [5.41, 5.74) is 2.26. The van der Waals surface area contributed by atoms with Crippen LogP contribution in [-0.2, 0) is 0 Å². The van der Waals surface area contributed by atoms with Crippen molar-refractivity contribution < 1.29 is 8.78 Å². The summed E-state index contributed by atoms with van der Waals surface area (Å²) >= 11 is 0. The van der Waals surface area contributed by atoms with Gasteiger partial charge in [-0.15, -0.1) is 0 Å². The van der Waals surface area contributed by atoms with Crippen LogP contribution < -0.4 is 5.32 Å². The lowest BCUT2D eigenvalue weighted by Gasteiger charge is -2.11. The van der Waals surface area contributed by atoms with E-state index in [4.69, 9.17) is 0 Å². The predicted molar refractivity (Wildman–Crippen MR) is 70.2 cm³/mol. The largest absolute Gasteiger partial charge is 0.384 e. The van der Waals surface area contributed by atoms with Crippen molar-refractivity contribution in [3.63, 3.8) is 0 Å². The zero-order valence-electron chi connectivity index (χ0n) is 10.5. The van der Waals surface area contributed by atoms with Gasteiger partial charge in [0.1, 0.15) is 5.69 Å². The van der Waals surface area contributed by atoms with Gasteiger partial charge in [0, 0.05) is 17.6 Å². The van der Waals surface area contributed by atoms with E-state index < -0.39 is 6.43 Å². The Kier molecular flexibility index (Phi) is 3.75. The molecule has 0 aliphatic heterocycles. The fourth-order valence-electron chi connectivity index (χ4n) is 1.88. The number of hydrogen-bond donors (Lipinski definition) is 1. The summed E-state index contributed by atoms with van der Waals surface area (Å²) in [5, 5.41) is 4.08. The van der Waals surface area contributed by atoms with Crippen LogP contribution in [0, 0.1) is 6.92 Å². The topological polar surface area (TPSA) is 24.9 Å². The number of nitrogens with one attached hydrogen (secondary N) is 1. The number of aromatic nitrogens is 1. The number of rotatable bonds is 4. The van der Waals surface area contributed by atoms with Crippen LogP contribution in [0.25, 0.3) is 10.9 Å². The second kappa shape index (κ2) is 5.29. The Morgan fingerprint density at radius 3 is 2.72 bits per heavy atom. The quantitative estimate of drug-likeness (QED) is 0.875. The third-order valence-corrected chi connectivity index (χ3v) is 2.77. The third-order valence-electron chi connectivity index (χ3n) is 2.77. The summed E-state index contributed by atoms with van der Waals surface area (Å²) in [6, 6.07) is 7.08. The van der Waals surface area contributed by atoms with Crippen molar-refractivity contribution >= 4 is 16.6 Å². The van der Waals surface area contributed by atoms with Crippen molar-refractivity contribution in [1.29, 1.82) is 0 Å². The number of halogens is 2. The van der Waals surface area contributed by atoms with Crippen molar-refractivity contribution in [2.45, 2.75) is 26.7 Å². The van der Waals surface area contributed by atoms with Gasteiger partial charge in [0.2, 0.25) is 0 Å². The summed E-state index contributed by atoms with van der Waals surface area (Å²) < 4.78 is 25.6. The highest BCUT2D eigenvalue weighted by atomic mass is 19.3. The molecule has 0 aliphatic rings. The minimum Gasteiger partial charge on any atom is -0.384 e. The minimum atomic E-state index is -2.54. The summed E-state index contributed by atoms with van der Waals surface area (Å²) in [4.78, 5) is 3.99. The van der Waals surface area contributed by atoms with Gasteiger partial charge in [-0.2, -0.15) is 0 Å². The molecule has 18 heavy (non-hydrogen) atoms. The van der Waals surface area contributed by atoms with Crippen molar-refractivity contribution in [3.05, 3.63) is 35.5 Å². The van der Waals surface area contributed by atoms with Crippen LogP contribution in [0.15, 0.2) is 24.3 Å². The molecule has 1 heterocycles. The minimum absolute atomic E-state index is 0.176. The third kappa shape index (κ3) is 2.58. The molecule has 0 radical (unpaired) electrons. The van der Waals surface area contributed by atoms with Crippen LogP contribution in [-0.4, -0.2) is 11.5 Å². The van der Waals surface area contributed by atoms with Crippen molar-refractivity contribution in [3.8, 4) is 0 Å². The van der Waals surface area contributed by atoms with Gasteiger partial charge in [-0.05, 0) is 31.5 Å². The molecule has 0 saturated carbocycles. The SMILES string of the molecule is CCCNc1cc(C(F)F)nc2ccc(C)cc12. The van der Waals surface area contributed by atoms with E-state index in [1.54, 1.807) is 6.07 Å². The molecule has 0 bridgehead atoms. The first-order valence-electron chi connectivity index (χ1n) is 6.05. The lowest BCUT2D eigenvalue weighted by atomic mass is 10.1. The highest BCUT2D eigenvalue weighted by Gasteiger charge is 2.13. The molecule has 0 atom stereocenters. The molecule has 1 aromatic heterocycles. The van der Waals surface area contributed by atoms with Gasteiger partial charge < -0.3 is 5.32 Å². The molecule has 4 heteroatoms. The van der Waals surface area contributed by atoms with Crippen molar-refractivity contribution in [2.24, 2.45) is 0 Å². The number of anilines is 1. The molecule has 1 N–H and O–H groups in total. The number of benzene rings is 1. The van der Waals surface area contributed by atoms with Gasteiger partial charge in [0.15, 0.2) is 0 Å². The summed E-state index contributed by atoms with van der Waals surface area (Å²) in [6.07, 6.45) is -1.60. The number of alkyl halides is 2. The zero-order chi connectivity index (χ0) is 13.1. The number of aryl methyl sites for hydroxylation is 1. The highest BCUT2D eigenvalue weighted by molar-refractivity contribution is 5.92. The Balaban J connectivity index is 2.57. The standard InChI is InChI=1S/C14H16F2N2/c1-3-6-17-12-8-13(14(15)16)18-11-5-4-9(2)7-10(11)12/h4-5,7-8,14H,3,6H2,1-2H3,(H,17,18). The number of nitrogens with zero attached hydrogens (tertiary/aromatic N) is 1. The van der Waals surface area contributed by atoms with E-state index in [0.717, 1.165) is 29.6 Å². The monoisotopic (exact) mass is 250 g/mol. The fraction of sp³-hybridized carbons (Fsp3) is 0.357. The summed E-state index contributed by atoms with van der Waals surface area (Å²) in [5.74, 6) is 0. The summed E-state index contributed by atoms with van der Waals surface area (Å²) in [7, 11) is 0. The van der Waals surface area contributed by atoms with Gasteiger partial charge in [-0.1, -0.05) is 18.6 Å². The Morgan fingerprint density at radius 2 is 2.06 bits per heavy atom. The van der Waals surface area contributed by atoms with E-state index in [1.165, 1.54) is 6.07 Å². The van der Waals surface area contributed by atoms with Gasteiger partial charge in [-0.25, -0.2) is 13.8 Å². The maximum Gasteiger partial charge on any atom is 0.280 e. The molecule has 2 nitrogen and oxygen atoms in total. The maximum absolute atomic E-state index is 12.8. The Labute approximate surface area is 105 Å². The first kappa shape index (κ1) is 12.7. The predicted octanol–water partition coefficient (Wildman–Crippen LogP) is 4.30. The van der Waals surface area contributed by atoms with E-state index in [-0.39, 0.29) is 5.69 Å². The molecule has 2 rings (SSSR count). The second-order valence-corrected chi connectivity index (χ2v) is 4.34. The number of pyridine rings is 1. The first-order valence-corrected chi connectivity index (χ1v) is 6.05. The molecule has 96 valence electrons. The van der Waals surface area contributed by atoms with Gasteiger partial charge in [0.25, 0.3) is 6.43 Å². The molecular weight excluding hydrogens is 234 g/mol. The smallest absolute Gasteiger partial charge is 0.280 e. The summed E-state index contributed by atoms with van der Waals surface area (Å²) in [6.45, 7) is 4.77. The Morgan fingerprint density at radius 1 is 1.28 bits per heavy atom. The van der Waals surface area contributed by atoms with Crippen molar-refractivity contribution in [1.82, 2.24) is 4.98 Å². The van der Waals surface area contributed by atoms with Crippen molar-refractivity contribution in [2.75, 3.05) is 11.9 Å². The molecule has 2 aromatic rings.